The molecule has 6 nitrogen and oxygen atoms in total. The molecule has 0 atom stereocenters. The van der Waals surface area contributed by atoms with Crippen molar-refractivity contribution in [2.45, 2.75) is 0 Å². The van der Waals surface area contributed by atoms with Gasteiger partial charge in [0.2, 0.25) is 6.79 Å². The summed E-state index contributed by atoms with van der Waals surface area (Å²) in [6, 6.07) is 13.1. The number of benzene rings is 2. The average molecular weight is 352 g/mol. The summed E-state index contributed by atoms with van der Waals surface area (Å²) in [6.45, 7) is 2.88. The number of carbonyl (C=O) groups excluding carboxylic acids is 1. The number of ether oxygens (including phenoxy) is 3. The third kappa shape index (κ3) is 3.59. The first-order chi connectivity index (χ1) is 12.8. The Balaban J connectivity index is 1.23. The lowest BCUT2D eigenvalue weighted by Gasteiger charge is -2.17. The first-order valence-electron chi connectivity index (χ1n) is 8.60. The number of fused-ring (bicyclic) bond motifs is 1. The Labute approximate surface area is 152 Å². The quantitative estimate of drug-likeness (QED) is 0.640. The molecule has 2 aromatic carbocycles. The maximum Gasteiger partial charge on any atom is 0.251 e. The summed E-state index contributed by atoms with van der Waals surface area (Å²) in [5.41, 5.74) is 1.77. The molecule has 0 bridgehead atoms. The van der Waals surface area contributed by atoms with Crippen LogP contribution in [-0.2, 0) is 0 Å². The van der Waals surface area contributed by atoms with E-state index in [4.69, 9.17) is 14.2 Å². The fourth-order valence-electron chi connectivity index (χ4n) is 2.91. The molecular weight excluding hydrogens is 332 g/mol. The smallest absolute Gasteiger partial charge is 0.251 e. The van der Waals surface area contributed by atoms with E-state index in [1.54, 1.807) is 6.07 Å². The largest absolute Gasteiger partial charge is 0.492 e. The van der Waals surface area contributed by atoms with Crippen molar-refractivity contribution in [1.82, 2.24) is 5.32 Å². The van der Waals surface area contributed by atoms with Crippen LogP contribution >= 0.6 is 0 Å². The molecule has 6 heteroatoms. The molecule has 2 aromatic rings. The fraction of sp³-hybridized carbons (Fsp3) is 0.250. The van der Waals surface area contributed by atoms with E-state index in [9.17, 15) is 4.79 Å². The van der Waals surface area contributed by atoms with Crippen molar-refractivity contribution in [2.75, 3.05) is 37.9 Å². The van der Waals surface area contributed by atoms with Gasteiger partial charge in [-0.05, 0) is 36.4 Å². The second kappa shape index (κ2) is 7.39. The maximum atomic E-state index is 12.2. The normalized spacial score (nSPS) is 14.5. The van der Waals surface area contributed by atoms with E-state index in [2.05, 4.69) is 22.4 Å². The molecule has 2 heterocycles. The highest BCUT2D eigenvalue weighted by molar-refractivity contribution is 5.94. The molecular formula is C20H20N2O4. The number of hydrogen-bond donors (Lipinski definition) is 1. The van der Waals surface area contributed by atoms with Crippen LogP contribution in [-0.4, -0.2) is 38.9 Å². The van der Waals surface area contributed by atoms with Crippen molar-refractivity contribution in [2.24, 2.45) is 0 Å². The van der Waals surface area contributed by atoms with E-state index < -0.39 is 0 Å². The lowest BCUT2D eigenvalue weighted by atomic mass is 10.2. The van der Waals surface area contributed by atoms with Crippen LogP contribution in [0.25, 0.3) is 0 Å². The van der Waals surface area contributed by atoms with Gasteiger partial charge < -0.3 is 24.4 Å². The van der Waals surface area contributed by atoms with Gasteiger partial charge in [0.15, 0.2) is 11.5 Å². The average Bonchev–Trinajstić information content (AvgIpc) is 3.36. The molecule has 2 aliphatic heterocycles. The van der Waals surface area contributed by atoms with Gasteiger partial charge in [-0.25, -0.2) is 0 Å². The van der Waals surface area contributed by atoms with Gasteiger partial charge in [0.05, 0.1) is 6.54 Å². The molecule has 134 valence electrons. The molecule has 0 aromatic heterocycles. The first-order valence-corrected chi connectivity index (χ1v) is 8.60. The van der Waals surface area contributed by atoms with E-state index in [-0.39, 0.29) is 12.7 Å². The zero-order valence-electron chi connectivity index (χ0n) is 14.3. The Morgan fingerprint density at radius 1 is 1.04 bits per heavy atom. The number of nitrogens with zero attached hydrogens (tertiary/aromatic N) is 1. The third-order valence-electron chi connectivity index (χ3n) is 4.31. The van der Waals surface area contributed by atoms with E-state index in [1.165, 1.54) is 0 Å². The summed E-state index contributed by atoms with van der Waals surface area (Å²) in [5, 5.41) is 2.86. The van der Waals surface area contributed by atoms with Gasteiger partial charge in [-0.3, -0.25) is 4.79 Å². The minimum Gasteiger partial charge on any atom is -0.492 e. The second-order valence-electron chi connectivity index (χ2n) is 6.04. The summed E-state index contributed by atoms with van der Waals surface area (Å²) in [5.74, 6) is 1.98. The van der Waals surface area contributed by atoms with Gasteiger partial charge in [-0.2, -0.15) is 0 Å². The van der Waals surface area contributed by atoms with Gasteiger partial charge in [-0.15, -0.1) is 0 Å². The summed E-state index contributed by atoms with van der Waals surface area (Å²) >= 11 is 0. The molecule has 1 N–H and O–H groups in total. The van der Waals surface area contributed by atoms with E-state index in [0.29, 0.717) is 30.2 Å². The van der Waals surface area contributed by atoms with Crippen LogP contribution in [0.15, 0.2) is 54.6 Å². The zero-order chi connectivity index (χ0) is 17.8. The SMILES string of the molecule is O=C(NCCOc1ccc2c(c1)OCO2)c1ccc(N2CC=CC2)cc1. The third-order valence-corrected chi connectivity index (χ3v) is 4.31. The Kier molecular flexibility index (Phi) is 4.64. The Hall–Kier alpha value is -3.15. The number of amides is 1. The molecule has 4 rings (SSSR count). The molecule has 0 unspecified atom stereocenters. The van der Waals surface area contributed by atoms with Gasteiger partial charge in [0.1, 0.15) is 12.4 Å². The molecule has 26 heavy (non-hydrogen) atoms. The standard InChI is InChI=1S/C20H20N2O4/c23-20(15-3-5-16(6-4-15)22-10-1-2-11-22)21-9-12-24-17-7-8-18-19(13-17)26-14-25-18/h1-8,13H,9-12,14H2,(H,21,23). The Bertz CT molecular complexity index is 809. The van der Waals surface area contributed by atoms with Gasteiger partial charge >= 0.3 is 0 Å². The molecule has 0 radical (unpaired) electrons. The number of nitrogens with one attached hydrogen (secondary N) is 1. The molecule has 0 aliphatic carbocycles. The van der Waals surface area contributed by atoms with Gasteiger partial charge in [-0.1, -0.05) is 12.2 Å². The fourth-order valence-corrected chi connectivity index (χ4v) is 2.91. The number of hydrogen-bond acceptors (Lipinski definition) is 5. The van der Waals surface area contributed by atoms with Crippen molar-refractivity contribution in [3.8, 4) is 17.2 Å². The highest BCUT2D eigenvalue weighted by Crippen LogP contribution is 2.34. The van der Waals surface area contributed by atoms with Crippen LogP contribution in [0, 0.1) is 0 Å². The predicted molar refractivity (Wildman–Crippen MR) is 98.2 cm³/mol. The summed E-state index contributed by atoms with van der Waals surface area (Å²) in [4.78, 5) is 14.4. The van der Waals surface area contributed by atoms with Crippen LogP contribution in [0.5, 0.6) is 17.2 Å². The predicted octanol–water partition coefficient (Wildman–Crippen LogP) is 2.60. The van der Waals surface area contributed by atoms with E-state index >= 15 is 0 Å². The molecule has 0 saturated heterocycles. The van der Waals surface area contributed by atoms with Crippen molar-refractivity contribution in [1.29, 1.82) is 0 Å². The second-order valence-corrected chi connectivity index (χ2v) is 6.04. The van der Waals surface area contributed by atoms with Gasteiger partial charge in [0, 0.05) is 30.4 Å². The lowest BCUT2D eigenvalue weighted by molar-refractivity contribution is 0.0947. The molecule has 1 amide bonds. The summed E-state index contributed by atoms with van der Waals surface area (Å²) < 4.78 is 16.2. The van der Waals surface area contributed by atoms with Crippen molar-refractivity contribution >= 4 is 11.6 Å². The molecule has 0 spiro atoms. The van der Waals surface area contributed by atoms with Crippen LogP contribution in [0.4, 0.5) is 5.69 Å². The van der Waals surface area contributed by atoms with Crippen LogP contribution in [0.2, 0.25) is 0 Å². The first kappa shape index (κ1) is 16.3. The zero-order valence-corrected chi connectivity index (χ0v) is 14.3. The highest BCUT2D eigenvalue weighted by atomic mass is 16.7. The number of carbonyl (C=O) groups is 1. The van der Waals surface area contributed by atoms with Crippen LogP contribution in [0.1, 0.15) is 10.4 Å². The van der Waals surface area contributed by atoms with Crippen LogP contribution in [0.3, 0.4) is 0 Å². The molecule has 0 fully saturated rings. The lowest BCUT2D eigenvalue weighted by Crippen LogP contribution is -2.28. The Morgan fingerprint density at radius 3 is 2.62 bits per heavy atom. The summed E-state index contributed by atoms with van der Waals surface area (Å²) in [6.07, 6.45) is 4.28. The Morgan fingerprint density at radius 2 is 1.81 bits per heavy atom. The minimum absolute atomic E-state index is 0.106. The molecule has 2 aliphatic rings. The number of anilines is 1. The van der Waals surface area contributed by atoms with Crippen molar-refractivity contribution < 1.29 is 19.0 Å². The van der Waals surface area contributed by atoms with E-state index in [0.717, 1.165) is 24.5 Å². The van der Waals surface area contributed by atoms with Crippen LogP contribution < -0.4 is 24.4 Å². The topological polar surface area (TPSA) is 60.0 Å². The highest BCUT2D eigenvalue weighted by Gasteiger charge is 2.14. The van der Waals surface area contributed by atoms with Gasteiger partial charge in [0.25, 0.3) is 5.91 Å². The minimum atomic E-state index is -0.106. The van der Waals surface area contributed by atoms with Crippen molar-refractivity contribution in [3.63, 3.8) is 0 Å². The monoisotopic (exact) mass is 352 g/mol. The maximum absolute atomic E-state index is 12.2. The molecule has 0 saturated carbocycles. The summed E-state index contributed by atoms with van der Waals surface area (Å²) in [7, 11) is 0. The number of rotatable bonds is 6. The van der Waals surface area contributed by atoms with Crippen molar-refractivity contribution in [3.05, 3.63) is 60.2 Å². The van der Waals surface area contributed by atoms with E-state index in [1.807, 2.05) is 36.4 Å².